The van der Waals surface area contributed by atoms with Crippen LogP contribution in [0.15, 0.2) is 34.5 Å². The fourth-order valence-corrected chi connectivity index (χ4v) is 2.49. The molecule has 0 saturated carbocycles. The molecule has 1 aromatic rings. The number of carbonyl (C=O) groups excluding carboxylic acids is 3. The molecule has 0 spiro atoms. The molecule has 0 aliphatic heterocycles. The van der Waals surface area contributed by atoms with E-state index in [9.17, 15) is 14.4 Å². The number of amides is 3. The van der Waals surface area contributed by atoms with Crippen molar-refractivity contribution >= 4 is 29.4 Å². The molecule has 1 aromatic carbocycles. The number of benzene rings is 1. The zero-order chi connectivity index (χ0) is 28.0. The second kappa shape index (κ2) is 20.3. The van der Waals surface area contributed by atoms with E-state index in [1.54, 1.807) is 31.2 Å². The normalized spacial score (nSPS) is 11.6. The van der Waals surface area contributed by atoms with Crippen molar-refractivity contribution in [3.05, 3.63) is 29.8 Å². The number of ether oxygens (including phenoxy) is 4. The summed E-state index contributed by atoms with van der Waals surface area (Å²) in [7, 11) is 0. The van der Waals surface area contributed by atoms with Crippen LogP contribution in [0.3, 0.4) is 0 Å². The van der Waals surface area contributed by atoms with Gasteiger partial charge in [-0.1, -0.05) is 0 Å². The minimum Gasteiger partial charge on any atom is -0.491 e. The maximum atomic E-state index is 11.6. The Morgan fingerprint density at radius 3 is 1.84 bits per heavy atom. The van der Waals surface area contributed by atoms with Crippen LogP contribution in [0, 0.1) is 0 Å². The Morgan fingerprint density at radius 2 is 1.26 bits per heavy atom. The van der Waals surface area contributed by atoms with Crippen LogP contribution in [0.2, 0.25) is 0 Å². The van der Waals surface area contributed by atoms with Gasteiger partial charge in [0.25, 0.3) is 0 Å². The number of carbonyl (C=O) groups is 3. The van der Waals surface area contributed by atoms with Crippen LogP contribution in [0.4, 0.5) is 0 Å². The second-order valence-corrected chi connectivity index (χ2v) is 7.54. The van der Waals surface area contributed by atoms with E-state index in [-0.39, 0.29) is 37.9 Å². The quantitative estimate of drug-likeness (QED) is 0.0439. The van der Waals surface area contributed by atoms with Crippen molar-refractivity contribution in [3.63, 3.8) is 0 Å². The smallest absolute Gasteiger partial charge is 0.239 e. The van der Waals surface area contributed by atoms with E-state index in [2.05, 4.69) is 26.2 Å². The summed E-state index contributed by atoms with van der Waals surface area (Å²) in [5, 5.41) is 14.8. The highest BCUT2D eigenvalue weighted by atomic mass is 16.6. The summed E-state index contributed by atoms with van der Waals surface area (Å²) in [6.45, 7) is 3.90. The SMILES string of the molecule is C/C(N)=N/N=C(\N)c1ccc(OCCOCCOCCOCCNC(=O)CNC(=O)CNC(=O)CN)cc1. The topological polar surface area (TPSA) is 227 Å². The van der Waals surface area contributed by atoms with Gasteiger partial charge in [-0.15, -0.1) is 10.2 Å². The molecular weight excluding hydrogens is 500 g/mol. The number of hydrogen-bond acceptors (Lipinski definition) is 10. The van der Waals surface area contributed by atoms with Gasteiger partial charge in [-0.25, -0.2) is 0 Å². The molecule has 0 aromatic heterocycles. The number of nitrogens with two attached hydrogens (primary N) is 3. The van der Waals surface area contributed by atoms with Gasteiger partial charge in [-0.3, -0.25) is 14.4 Å². The lowest BCUT2D eigenvalue weighted by Crippen LogP contribution is -2.43. The first-order valence-corrected chi connectivity index (χ1v) is 11.9. The molecule has 3 amide bonds. The number of rotatable bonds is 20. The zero-order valence-corrected chi connectivity index (χ0v) is 21.6. The predicted molar refractivity (Wildman–Crippen MR) is 140 cm³/mol. The van der Waals surface area contributed by atoms with Crippen LogP contribution in [0.25, 0.3) is 0 Å². The molecule has 0 fully saturated rings. The Kier molecular flexibility index (Phi) is 17.2. The molecule has 9 N–H and O–H groups in total. The summed E-state index contributed by atoms with van der Waals surface area (Å²) < 4.78 is 21.8. The molecule has 15 nitrogen and oxygen atoms in total. The highest BCUT2D eigenvalue weighted by Crippen LogP contribution is 2.12. The molecule has 0 heterocycles. The molecule has 0 aliphatic carbocycles. The molecule has 0 aliphatic rings. The summed E-state index contributed by atoms with van der Waals surface area (Å²) in [5.74, 6) is -0.0598. The molecule has 0 atom stereocenters. The Balaban J connectivity index is 1.94. The number of hydrogen-bond donors (Lipinski definition) is 6. The van der Waals surface area contributed by atoms with Crippen LogP contribution in [0.1, 0.15) is 12.5 Å². The van der Waals surface area contributed by atoms with Gasteiger partial charge in [0.1, 0.15) is 18.2 Å². The van der Waals surface area contributed by atoms with Crippen molar-refractivity contribution in [1.82, 2.24) is 16.0 Å². The van der Waals surface area contributed by atoms with Crippen LogP contribution >= 0.6 is 0 Å². The molecule has 0 radical (unpaired) electrons. The van der Waals surface area contributed by atoms with Gasteiger partial charge in [0.15, 0.2) is 5.84 Å². The summed E-state index contributed by atoms with van der Waals surface area (Å²) in [4.78, 5) is 34.0. The van der Waals surface area contributed by atoms with Crippen LogP contribution < -0.4 is 37.9 Å². The number of nitrogens with zero attached hydrogens (tertiary/aromatic N) is 2. The fourth-order valence-electron chi connectivity index (χ4n) is 2.49. The Morgan fingerprint density at radius 1 is 0.737 bits per heavy atom. The van der Waals surface area contributed by atoms with E-state index >= 15 is 0 Å². The maximum absolute atomic E-state index is 11.6. The molecule has 1 rings (SSSR count). The monoisotopic (exact) mass is 538 g/mol. The number of amidine groups is 2. The lowest BCUT2D eigenvalue weighted by molar-refractivity contribution is -0.127. The van der Waals surface area contributed by atoms with Gasteiger partial charge in [0.05, 0.1) is 59.3 Å². The number of nitrogens with one attached hydrogen (secondary N) is 3. The first-order valence-electron chi connectivity index (χ1n) is 11.9. The average Bonchev–Trinajstić information content (AvgIpc) is 2.91. The van der Waals surface area contributed by atoms with E-state index in [0.29, 0.717) is 63.4 Å². The van der Waals surface area contributed by atoms with E-state index < -0.39 is 11.8 Å². The van der Waals surface area contributed by atoms with Crippen molar-refractivity contribution in [2.24, 2.45) is 27.4 Å². The first-order chi connectivity index (χ1) is 18.3. The third kappa shape index (κ3) is 16.8. The summed E-state index contributed by atoms with van der Waals surface area (Å²) in [6.07, 6.45) is 0. The molecule has 0 bridgehead atoms. The minimum absolute atomic E-state index is 0.201. The zero-order valence-electron chi connectivity index (χ0n) is 21.6. The van der Waals surface area contributed by atoms with Crippen molar-refractivity contribution in [2.45, 2.75) is 6.92 Å². The van der Waals surface area contributed by atoms with E-state index in [4.69, 9.17) is 36.1 Å². The lowest BCUT2D eigenvalue weighted by atomic mass is 10.2. The highest BCUT2D eigenvalue weighted by molar-refractivity contribution is 5.97. The Bertz CT molecular complexity index is 906. The molecule has 15 heteroatoms. The van der Waals surface area contributed by atoms with Gasteiger partial charge in [0.2, 0.25) is 17.7 Å². The van der Waals surface area contributed by atoms with Crippen LogP contribution in [-0.2, 0) is 28.6 Å². The van der Waals surface area contributed by atoms with E-state index in [1.807, 2.05) is 0 Å². The summed E-state index contributed by atoms with van der Waals surface area (Å²) >= 11 is 0. The standard InChI is InChI=1S/C23H38N8O7/c1-17(25)30-31-23(26)18-2-4-19(5-3-18)38-13-12-37-11-10-36-9-8-35-7-6-27-21(33)15-29-22(34)16-28-20(32)14-24/h2-5H,6-16,24H2,1H3,(H2,25,30)(H2,26,31)(H,27,33)(H,28,32)(H,29,34). The second-order valence-electron chi connectivity index (χ2n) is 7.54. The minimum atomic E-state index is -0.486. The van der Waals surface area contributed by atoms with Crippen molar-refractivity contribution < 1.29 is 33.3 Å². The Labute approximate surface area is 221 Å². The van der Waals surface area contributed by atoms with E-state index in [0.717, 1.165) is 0 Å². The molecule has 38 heavy (non-hydrogen) atoms. The van der Waals surface area contributed by atoms with E-state index in [1.165, 1.54) is 0 Å². The van der Waals surface area contributed by atoms with Crippen LogP contribution in [-0.4, -0.2) is 102 Å². The maximum Gasteiger partial charge on any atom is 0.239 e. The van der Waals surface area contributed by atoms with Gasteiger partial charge < -0.3 is 52.1 Å². The van der Waals surface area contributed by atoms with Crippen LogP contribution in [0.5, 0.6) is 5.75 Å². The third-order valence-electron chi connectivity index (χ3n) is 4.35. The summed E-state index contributed by atoms with van der Waals surface area (Å²) in [6, 6.07) is 7.10. The molecular formula is C23H38N8O7. The predicted octanol–water partition coefficient (Wildman–Crippen LogP) is -2.58. The highest BCUT2D eigenvalue weighted by Gasteiger charge is 2.06. The third-order valence-corrected chi connectivity index (χ3v) is 4.35. The van der Waals surface area contributed by atoms with Crippen molar-refractivity contribution in [1.29, 1.82) is 0 Å². The molecule has 212 valence electrons. The largest absolute Gasteiger partial charge is 0.491 e. The summed E-state index contributed by atoms with van der Waals surface area (Å²) in [5.41, 5.74) is 17.1. The molecule has 0 unspecified atom stereocenters. The first kappa shape index (κ1) is 32.2. The van der Waals surface area contributed by atoms with Gasteiger partial charge >= 0.3 is 0 Å². The average molecular weight is 539 g/mol. The molecule has 0 saturated heterocycles. The van der Waals surface area contributed by atoms with Gasteiger partial charge in [-0.2, -0.15) is 0 Å². The van der Waals surface area contributed by atoms with Crippen molar-refractivity contribution in [3.8, 4) is 5.75 Å². The fraction of sp³-hybridized carbons (Fsp3) is 0.522. The van der Waals surface area contributed by atoms with Crippen molar-refractivity contribution in [2.75, 3.05) is 72.4 Å². The van der Waals surface area contributed by atoms with Gasteiger partial charge in [0, 0.05) is 12.1 Å². The lowest BCUT2D eigenvalue weighted by Gasteiger charge is -2.09. The Hall–Kier alpha value is -3.79. The van der Waals surface area contributed by atoms with Gasteiger partial charge in [-0.05, 0) is 31.2 Å².